The smallest absolute Gasteiger partial charge is 0.273 e. The largest absolute Gasteiger partial charge is 0.432 e. The van der Waals surface area contributed by atoms with Gasteiger partial charge in [-0.2, -0.15) is 57.8 Å². The first-order valence-corrected chi connectivity index (χ1v) is 8.64. The van der Waals surface area contributed by atoms with Crippen molar-refractivity contribution in [2.24, 2.45) is 44.9 Å². The van der Waals surface area contributed by atoms with Crippen molar-refractivity contribution in [3.05, 3.63) is 23.4 Å². The molecule has 0 unspecified atom stereocenters. The van der Waals surface area contributed by atoms with E-state index in [0.29, 0.717) is 6.08 Å². The number of halogens is 12. The van der Waals surface area contributed by atoms with Gasteiger partial charge in [-0.05, 0) is 17.4 Å². The van der Waals surface area contributed by atoms with Crippen molar-refractivity contribution in [2.45, 2.75) is 24.7 Å². The predicted molar refractivity (Wildman–Crippen MR) is 83.3 cm³/mol. The Labute approximate surface area is 169 Å². The maximum absolute atomic E-state index is 13.5. The van der Waals surface area contributed by atoms with Crippen LogP contribution in [0.4, 0.5) is 52.7 Å². The molecule has 16 heteroatoms. The van der Waals surface area contributed by atoms with Gasteiger partial charge in [0.1, 0.15) is 17.1 Å². The number of allylic oxidation sites excluding steroid dienone is 4. The number of hydrogen-bond acceptors (Lipinski definition) is 4. The number of nitrogens with one attached hydrogen (secondary N) is 1. The SMILES string of the molecule is FC(F)(F)C1=NNC(C(F)(F)F)=C2[C@H]1C=C[C@H]1[C@@H]2[C@H]2C(C(F)(F)F)=NN=C(C(F)(F)F)[C@@H]12. The molecule has 0 radical (unpaired) electrons. The predicted octanol–water partition coefficient (Wildman–Crippen LogP) is 4.92. The molecule has 0 amide bonds. The molecule has 0 aromatic heterocycles. The molecule has 0 aromatic carbocycles. The standard InChI is InChI=1S/C16H8F12N4/c17-13(18,19)9-4-2-1-3-5(7(4)11(30-29-9)15(23,24)25)8-6(3)10(14(20,21)22)31-32-12(8)16(26,27)28/h1-6,8,30H/t3-,4+,5-,6-,8+/m0/s1. The summed E-state index contributed by atoms with van der Waals surface area (Å²) >= 11 is 0. The van der Waals surface area contributed by atoms with Crippen molar-refractivity contribution >= 4 is 17.1 Å². The second-order valence-corrected chi connectivity index (χ2v) is 7.42. The Balaban J connectivity index is 1.91. The highest BCUT2D eigenvalue weighted by atomic mass is 19.4. The Hall–Kier alpha value is -2.55. The average Bonchev–Trinajstić information content (AvgIpc) is 2.59. The van der Waals surface area contributed by atoms with E-state index in [1.165, 1.54) is 5.43 Å². The molecule has 1 N–H and O–H groups in total. The third-order valence-corrected chi connectivity index (χ3v) is 5.75. The molecule has 4 rings (SSSR count). The Kier molecular flexibility index (Phi) is 4.59. The molecule has 0 spiro atoms. The maximum Gasteiger partial charge on any atom is 0.432 e. The van der Waals surface area contributed by atoms with Gasteiger partial charge in [0, 0.05) is 17.8 Å². The van der Waals surface area contributed by atoms with Crippen LogP contribution in [-0.4, -0.2) is 41.8 Å². The second-order valence-electron chi connectivity index (χ2n) is 7.42. The third kappa shape index (κ3) is 3.29. The first kappa shape index (κ1) is 22.6. The van der Waals surface area contributed by atoms with E-state index in [1.807, 2.05) is 0 Å². The Bertz CT molecular complexity index is 988. The Morgan fingerprint density at radius 1 is 0.594 bits per heavy atom. The molecule has 0 bridgehead atoms. The van der Waals surface area contributed by atoms with Crippen LogP contribution in [0.3, 0.4) is 0 Å². The lowest BCUT2D eigenvalue weighted by atomic mass is 9.47. The lowest BCUT2D eigenvalue weighted by Crippen LogP contribution is -2.63. The van der Waals surface area contributed by atoms with Gasteiger partial charge in [-0.3, -0.25) is 5.43 Å². The number of fused-ring (bicyclic) bond motifs is 6. The molecule has 1 saturated carbocycles. The molecule has 0 aromatic rings. The summed E-state index contributed by atoms with van der Waals surface area (Å²) < 4.78 is 161. The van der Waals surface area contributed by atoms with E-state index in [0.717, 1.165) is 6.08 Å². The summed E-state index contributed by atoms with van der Waals surface area (Å²) in [4.78, 5) is 0. The van der Waals surface area contributed by atoms with E-state index in [2.05, 4.69) is 15.3 Å². The van der Waals surface area contributed by atoms with Gasteiger partial charge in [0.2, 0.25) is 0 Å². The van der Waals surface area contributed by atoms with Gasteiger partial charge in [-0.25, -0.2) is 0 Å². The summed E-state index contributed by atoms with van der Waals surface area (Å²) in [6.07, 6.45) is -19.9. The first-order valence-electron chi connectivity index (χ1n) is 8.64. The number of hydrogen-bond donors (Lipinski definition) is 1. The zero-order valence-electron chi connectivity index (χ0n) is 14.9. The van der Waals surface area contributed by atoms with Crippen molar-refractivity contribution in [1.82, 2.24) is 5.43 Å². The van der Waals surface area contributed by atoms with Crippen LogP contribution in [0, 0.1) is 29.6 Å². The van der Waals surface area contributed by atoms with E-state index < -0.39 is 82.7 Å². The molecule has 2 aliphatic carbocycles. The molecule has 176 valence electrons. The summed E-state index contributed by atoms with van der Waals surface area (Å²) in [6, 6.07) is 0. The van der Waals surface area contributed by atoms with Crippen molar-refractivity contribution in [3.63, 3.8) is 0 Å². The van der Waals surface area contributed by atoms with E-state index in [-0.39, 0.29) is 0 Å². The summed E-state index contributed by atoms with van der Waals surface area (Å²) in [7, 11) is 0. The zero-order chi connectivity index (χ0) is 24.0. The summed E-state index contributed by atoms with van der Waals surface area (Å²) in [6.45, 7) is 0. The van der Waals surface area contributed by atoms with Gasteiger partial charge in [-0.1, -0.05) is 12.2 Å². The Morgan fingerprint density at radius 3 is 1.56 bits per heavy atom. The fourth-order valence-electron chi connectivity index (χ4n) is 4.67. The van der Waals surface area contributed by atoms with Crippen molar-refractivity contribution in [1.29, 1.82) is 0 Å². The molecular formula is C16H8F12N4. The van der Waals surface area contributed by atoms with Crippen LogP contribution < -0.4 is 5.43 Å². The van der Waals surface area contributed by atoms with Gasteiger partial charge in [-0.15, -0.1) is 10.2 Å². The fourth-order valence-corrected chi connectivity index (χ4v) is 4.67. The first-order chi connectivity index (χ1) is 14.4. The van der Waals surface area contributed by atoms with E-state index in [1.54, 1.807) is 0 Å². The minimum absolute atomic E-state index is 0.582. The Morgan fingerprint density at radius 2 is 1.09 bits per heavy atom. The van der Waals surface area contributed by atoms with Gasteiger partial charge < -0.3 is 0 Å². The quantitative estimate of drug-likeness (QED) is 0.385. The van der Waals surface area contributed by atoms with Crippen LogP contribution in [0.25, 0.3) is 0 Å². The molecule has 4 aliphatic rings. The van der Waals surface area contributed by atoms with Crippen LogP contribution in [0.1, 0.15) is 0 Å². The van der Waals surface area contributed by atoms with E-state index in [4.69, 9.17) is 0 Å². The second kappa shape index (κ2) is 6.50. The summed E-state index contributed by atoms with van der Waals surface area (Å²) in [5.74, 6) is -10.2. The van der Waals surface area contributed by atoms with Crippen molar-refractivity contribution < 1.29 is 52.7 Å². The zero-order valence-corrected chi connectivity index (χ0v) is 14.9. The molecule has 0 saturated heterocycles. The topological polar surface area (TPSA) is 49.1 Å². The highest BCUT2D eigenvalue weighted by Gasteiger charge is 2.68. The van der Waals surface area contributed by atoms with Crippen LogP contribution in [-0.2, 0) is 0 Å². The van der Waals surface area contributed by atoms with Gasteiger partial charge in [0.15, 0.2) is 5.71 Å². The number of alkyl halides is 12. The van der Waals surface area contributed by atoms with Crippen molar-refractivity contribution in [3.8, 4) is 0 Å². The maximum atomic E-state index is 13.5. The number of hydrazone groups is 1. The highest BCUT2D eigenvalue weighted by molar-refractivity contribution is 6.05. The van der Waals surface area contributed by atoms with Gasteiger partial charge >= 0.3 is 24.7 Å². The third-order valence-electron chi connectivity index (χ3n) is 5.75. The molecule has 5 atom stereocenters. The van der Waals surface area contributed by atoms with Gasteiger partial charge in [0.25, 0.3) is 0 Å². The monoisotopic (exact) mass is 484 g/mol. The minimum atomic E-state index is -5.37. The van der Waals surface area contributed by atoms with Gasteiger partial charge in [0.05, 0.1) is 0 Å². The van der Waals surface area contributed by atoms with E-state index >= 15 is 0 Å². The fraction of sp³-hybridized carbons (Fsp3) is 0.562. The van der Waals surface area contributed by atoms with Crippen LogP contribution in [0.2, 0.25) is 0 Å². The van der Waals surface area contributed by atoms with Crippen LogP contribution in [0.5, 0.6) is 0 Å². The highest BCUT2D eigenvalue weighted by Crippen LogP contribution is 2.61. The minimum Gasteiger partial charge on any atom is -0.273 e. The summed E-state index contributed by atoms with van der Waals surface area (Å²) in [5, 5.41) is 7.89. The van der Waals surface area contributed by atoms with Crippen LogP contribution in [0.15, 0.2) is 38.7 Å². The molecule has 1 fully saturated rings. The molecule has 4 nitrogen and oxygen atoms in total. The van der Waals surface area contributed by atoms with Crippen molar-refractivity contribution in [2.75, 3.05) is 0 Å². The molecule has 2 aliphatic heterocycles. The average molecular weight is 484 g/mol. The number of nitrogens with zero attached hydrogens (tertiary/aromatic N) is 3. The van der Waals surface area contributed by atoms with Crippen LogP contribution >= 0.6 is 0 Å². The number of rotatable bonds is 0. The molecule has 32 heavy (non-hydrogen) atoms. The lowest BCUT2D eigenvalue weighted by molar-refractivity contribution is -0.104. The van der Waals surface area contributed by atoms with E-state index in [9.17, 15) is 52.7 Å². The summed E-state index contributed by atoms with van der Waals surface area (Å²) in [5.41, 5.74) is -7.17. The molecule has 2 heterocycles. The lowest BCUT2D eigenvalue weighted by Gasteiger charge is -2.57. The normalized spacial score (nSPS) is 32.6. The molecular weight excluding hydrogens is 476 g/mol.